The molecule has 35 heavy (non-hydrogen) atoms. The van der Waals surface area contributed by atoms with Gasteiger partial charge >= 0.3 is 5.76 Å². The van der Waals surface area contributed by atoms with Gasteiger partial charge in [0.25, 0.3) is 0 Å². The van der Waals surface area contributed by atoms with Crippen LogP contribution in [0.2, 0.25) is 5.02 Å². The summed E-state index contributed by atoms with van der Waals surface area (Å²) < 4.78 is 13.1. The van der Waals surface area contributed by atoms with Crippen molar-refractivity contribution in [3.05, 3.63) is 116 Å². The maximum absolute atomic E-state index is 11.6. The van der Waals surface area contributed by atoms with Crippen LogP contribution >= 0.6 is 11.6 Å². The third-order valence-corrected chi connectivity index (χ3v) is 6.64. The molecule has 2 aromatic carbocycles. The molecule has 0 radical (unpaired) electrons. The van der Waals surface area contributed by atoms with Crippen molar-refractivity contribution in [2.45, 2.75) is 26.9 Å². The van der Waals surface area contributed by atoms with Crippen LogP contribution in [-0.2, 0) is 13.0 Å². The van der Waals surface area contributed by atoms with Crippen LogP contribution in [0, 0.1) is 6.92 Å². The summed E-state index contributed by atoms with van der Waals surface area (Å²) in [6, 6.07) is 18.0. The van der Waals surface area contributed by atoms with E-state index in [0.717, 1.165) is 56.2 Å². The third kappa shape index (κ3) is 3.74. The molecule has 0 amide bonds. The molecule has 0 saturated carbocycles. The number of aryl methyl sites for hydroxylation is 1. The third-order valence-electron chi connectivity index (χ3n) is 6.41. The van der Waals surface area contributed by atoms with Crippen molar-refractivity contribution in [1.29, 1.82) is 0 Å². The summed E-state index contributed by atoms with van der Waals surface area (Å²) in [5, 5.41) is 4.58. The Labute approximate surface area is 205 Å². The molecule has 0 spiro atoms. The molecule has 1 aliphatic rings. The number of pyridine rings is 1. The number of ether oxygens (including phenoxy) is 1. The molecule has 0 saturated heterocycles. The van der Waals surface area contributed by atoms with E-state index >= 15 is 0 Å². The lowest BCUT2D eigenvalue weighted by atomic mass is 9.89. The Hall–Kier alpha value is -4.10. The van der Waals surface area contributed by atoms with E-state index < -0.39 is 5.76 Å². The highest BCUT2D eigenvalue weighted by atomic mass is 35.5. The molecular weight excluding hydrogens is 464 g/mol. The smallest absolute Gasteiger partial charge is 0.439 e. The minimum Gasteiger partial charge on any atom is -0.488 e. The summed E-state index contributed by atoms with van der Waals surface area (Å²) in [4.78, 5) is 19.0. The highest BCUT2D eigenvalue weighted by Crippen LogP contribution is 2.40. The van der Waals surface area contributed by atoms with Crippen LogP contribution in [0.25, 0.3) is 16.8 Å². The first-order valence-corrected chi connectivity index (χ1v) is 11.6. The zero-order chi connectivity index (χ0) is 24.1. The van der Waals surface area contributed by atoms with Crippen LogP contribution in [-0.4, -0.2) is 19.5 Å². The van der Waals surface area contributed by atoms with E-state index in [1.54, 1.807) is 0 Å². The number of benzene rings is 2. The molecule has 5 aromatic rings. The maximum Gasteiger partial charge on any atom is 0.439 e. The van der Waals surface area contributed by atoms with Gasteiger partial charge in [0, 0.05) is 40.5 Å². The molecule has 0 atom stereocenters. The molecular formula is C27H21ClN4O3. The lowest BCUT2D eigenvalue weighted by Gasteiger charge is -2.14. The molecule has 0 fully saturated rings. The number of nitrogens with one attached hydrogen (secondary N) is 1. The number of nitrogens with zero attached hydrogens (tertiary/aromatic N) is 3. The largest absolute Gasteiger partial charge is 0.488 e. The van der Waals surface area contributed by atoms with Gasteiger partial charge in [-0.2, -0.15) is 0 Å². The van der Waals surface area contributed by atoms with Crippen LogP contribution in [0.4, 0.5) is 0 Å². The quantitative estimate of drug-likeness (QED) is 0.369. The molecule has 4 heterocycles. The zero-order valence-corrected chi connectivity index (χ0v) is 19.9. The van der Waals surface area contributed by atoms with Crippen LogP contribution in [0.5, 0.6) is 5.75 Å². The molecule has 0 unspecified atom stereocenters. The number of aromatic nitrogens is 4. The Morgan fingerprint density at radius 3 is 2.83 bits per heavy atom. The van der Waals surface area contributed by atoms with Crippen LogP contribution < -0.4 is 10.5 Å². The van der Waals surface area contributed by atoms with Crippen molar-refractivity contribution >= 4 is 28.4 Å². The first kappa shape index (κ1) is 21.4. The molecule has 7 nitrogen and oxygen atoms in total. The van der Waals surface area contributed by atoms with Gasteiger partial charge in [0.1, 0.15) is 18.0 Å². The van der Waals surface area contributed by atoms with E-state index in [0.29, 0.717) is 23.9 Å². The summed E-state index contributed by atoms with van der Waals surface area (Å²) in [7, 11) is 0. The molecule has 1 N–H and O–H groups in total. The molecule has 6 rings (SSSR count). The van der Waals surface area contributed by atoms with Crippen molar-refractivity contribution in [3.63, 3.8) is 0 Å². The van der Waals surface area contributed by atoms with Crippen molar-refractivity contribution < 1.29 is 9.26 Å². The number of hydrogen-bond donors (Lipinski definition) is 1. The van der Waals surface area contributed by atoms with Crippen LogP contribution in [0.1, 0.15) is 46.4 Å². The number of H-pyrrole nitrogens is 1. The average Bonchev–Trinajstić information content (AvgIpc) is 3.36. The second-order valence-electron chi connectivity index (χ2n) is 8.61. The number of para-hydroxylation sites is 1. The van der Waals surface area contributed by atoms with Gasteiger partial charge in [0.05, 0.1) is 5.69 Å². The minimum atomic E-state index is -0.585. The number of fused-ring (bicyclic) bond motifs is 3. The van der Waals surface area contributed by atoms with Gasteiger partial charge in [0.2, 0.25) is 0 Å². The minimum absolute atomic E-state index is 0.400. The predicted molar refractivity (Wildman–Crippen MR) is 134 cm³/mol. The second-order valence-corrected chi connectivity index (χ2v) is 9.05. The van der Waals surface area contributed by atoms with Gasteiger partial charge in [-0.05, 0) is 48.2 Å². The number of halogens is 1. The molecule has 1 aliphatic heterocycles. The van der Waals surface area contributed by atoms with Crippen LogP contribution in [0.3, 0.4) is 0 Å². The van der Waals surface area contributed by atoms with Crippen LogP contribution in [0.15, 0.2) is 70.1 Å². The highest BCUT2D eigenvalue weighted by molar-refractivity contribution is 6.30. The number of rotatable bonds is 3. The van der Waals surface area contributed by atoms with Crippen molar-refractivity contribution in [2.75, 3.05) is 0 Å². The van der Waals surface area contributed by atoms with Gasteiger partial charge in [-0.1, -0.05) is 53.2 Å². The normalized spacial score (nSPS) is 14.3. The summed E-state index contributed by atoms with van der Waals surface area (Å²) >= 11 is 6.16. The number of hydrogen-bond acceptors (Lipinski definition) is 5. The fraction of sp³-hybridized carbons (Fsp3) is 0.148. The molecule has 8 heteroatoms. The monoisotopic (exact) mass is 484 g/mol. The standard InChI is InChI=1S/C27H21ClN4O3/c1-15(26-30-27(33)35-31-26)25-20-8-7-17(11-18(20)14-34-23-6-4-3-5-21(23)25)12-22-16(2)29-24-13-19(28)9-10-32(22)24/h3-11,13H,12,14H2,1-2H3,(H,30,31,33)/b25-15+. The number of allylic oxidation sites excluding steroid dienone is 1. The summed E-state index contributed by atoms with van der Waals surface area (Å²) in [6.07, 6.45) is 2.67. The Kier molecular flexibility index (Phi) is 5.07. The molecule has 0 bridgehead atoms. The van der Waals surface area contributed by atoms with Gasteiger partial charge in [-0.15, -0.1) is 0 Å². The molecule has 3 aromatic heterocycles. The number of imidazole rings is 1. The van der Waals surface area contributed by atoms with Gasteiger partial charge in [0.15, 0.2) is 5.82 Å². The molecule has 174 valence electrons. The fourth-order valence-electron chi connectivity index (χ4n) is 4.73. The lowest BCUT2D eigenvalue weighted by molar-refractivity contribution is 0.307. The molecule has 0 aliphatic carbocycles. The topological polar surface area (TPSA) is 85.4 Å². The fourth-order valence-corrected chi connectivity index (χ4v) is 4.88. The lowest BCUT2D eigenvalue weighted by Crippen LogP contribution is -2.02. The summed E-state index contributed by atoms with van der Waals surface area (Å²) in [6.45, 7) is 4.37. The Morgan fingerprint density at radius 1 is 1.14 bits per heavy atom. The Morgan fingerprint density at radius 2 is 2.00 bits per heavy atom. The first-order chi connectivity index (χ1) is 17.0. The van der Waals surface area contributed by atoms with Gasteiger partial charge in [-0.25, -0.2) is 9.78 Å². The second kappa shape index (κ2) is 8.29. The van der Waals surface area contributed by atoms with Crippen molar-refractivity contribution in [1.82, 2.24) is 19.5 Å². The SMILES string of the molecule is C/C(=C1/c2ccc(Cc3c(C)nc4cc(Cl)ccn34)cc2COc2ccccc21)c1noc(=O)[nH]1. The van der Waals surface area contributed by atoms with E-state index in [2.05, 4.69) is 37.7 Å². The summed E-state index contributed by atoms with van der Waals surface area (Å²) in [5.41, 5.74) is 8.83. The van der Waals surface area contributed by atoms with E-state index in [4.69, 9.17) is 20.9 Å². The van der Waals surface area contributed by atoms with E-state index in [9.17, 15) is 4.79 Å². The van der Waals surface area contributed by atoms with Gasteiger partial charge < -0.3 is 9.14 Å². The van der Waals surface area contributed by atoms with Crippen molar-refractivity contribution in [3.8, 4) is 5.75 Å². The predicted octanol–water partition coefficient (Wildman–Crippen LogP) is 5.43. The maximum atomic E-state index is 11.6. The highest BCUT2D eigenvalue weighted by Gasteiger charge is 2.23. The van der Waals surface area contributed by atoms with E-state index in [-0.39, 0.29) is 0 Å². The average molecular weight is 485 g/mol. The zero-order valence-electron chi connectivity index (χ0n) is 19.1. The van der Waals surface area contributed by atoms with Gasteiger partial charge in [-0.3, -0.25) is 9.51 Å². The first-order valence-electron chi connectivity index (χ1n) is 11.2. The summed E-state index contributed by atoms with van der Waals surface area (Å²) in [5.74, 6) is 0.593. The number of aromatic amines is 1. The Bertz CT molecular complexity index is 1690. The van der Waals surface area contributed by atoms with E-state index in [1.807, 2.05) is 56.4 Å². The van der Waals surface area contributed by atoms with Crippen molar-refractivity contribution in [2.24, 2.45) is 0 Å². The Balaban J connectivity index is 1.48. The van der Waals surface area contributed by atoms with E-state index in [1.165, 1.54) is 0 Å².